The molecule has 5 nitrogen and oxygen atoms in total. The average molecular weight is 385 g/mol. The molecule has 0 saturated heterocycles. The van der Waals surface area contributed by atoms with Crippen LogP contribution >= 0.6 is 35.2 Å². The summed E-state index contributed by atoms with van der Waals surface area (Å²) < 4.78 is 9.96. The van der Waals surface area contributed by atoms with Gasteiger partial charge in [0.25, 0.3) is 0 Å². The van der Waals surface area contributed by atoms with Crippen LogP contribution in [0.25, 0.3) is 0 Å². The number of halogens is 1. The van der Waals surface area contributed by atoms with E-state index in [1.165, 1.54) is 18.4 Å². The largest absolute Gasteiger partial charge is 0.495 e. The van der Waals surface area contributed by atoms with Gasteiger partial charge in [0.1, 0.15) is 10.8 Å². The molecular weight excluding hydrogens is 368 g/mol. The summed E-state index contributed by atoms with van der Waals surface area (Å²) in [4.78, 5) is 13.0. The highest BCUT2D eigenvalue weighted by Gasteiger charge is 2.20. The third-order valence-electron chi connectivity index (χ3n) is 3.41. The highest BCUT2D eigenvalue weighted by atomic mass is 35.5. The van der Waals surface area contributed by atoms with Crippen LogP contribution in [0, 0.1) is 13.8 Å². The van der Waals surface area contributed by atoms with E-state index < -0.39 is 5.97 Å². The molecule has 0 bridgehead atoms. The second kappa shape index (κ2) is 7.83. The number of thiocarbonyl (C=S) groups is 1. The Morgan fingerprint density at radius 1 is 1.25 bits per heavy atom. The first-order chi connectivity index (χ1) is 11.4. The third-order valence-corrected chi connectivity index (χ3v) is 5.03. The topological polar surface area (TPSA) is 59.6 Å². The molecule has 0 aliphatic rings. The molecule has 128 valence electrons. The summed E-state index contributed by atoms with van der Waals surface area (Å²) >= 11 is 12.9. The molecule has 0 amide bonds. The molecule has 1 heterocycles. The maximum atomic E-state index is 12.0. The fourth-order valence-corrected chi connectivity index (χ4v) is 3.67. The van der Waals surface area contributed by atoms with Crippen LogP contribution in [0.5, 0.6) is 5.75 Å². The number of nitrogens with one attached hydrogen (secondary N) is 2. The monoisotopic (exact) mass is 384 g/mol. The predicted octanol–water partition coefficient (Wildman–Crippen LogP) is 4.62. The van der Waals surface area contributed by atoms with Crippen molar-refractivity contribution in [2.24, 2.45) is 0 Å². The van der Waals surface area contributed by atoms with Crippen LogP contribution in [0.1, 0.15) is 20.8 Å². The Hall–Kier alpha value is -1.83. The van der Waals surface area contributed by atoms with Crippen molar-refractivity contribution in [1.82, 2.24) is 0 Å². The summed E-state index contributed by atoms with van der Waals surface area (Å²) in [7, 11) is 2.91. The van der Waals surface area contributed by atoms with Gasteiger partial charge in [0, 0.05) is 10.6 Å². The molecule has 0 aliphatic carbocycles. The zero-order valence-electron chi connectivity index (χ0n) is 13.7. The van der Waals surface area contributed by atoms with Crippen molar-refractivity contribution in [3.8, 4) is 5.75 Å². The number of carbonyl (C=O) groups excluding carboxylic acids is 1. The van der Waals surface area contributed by atoms with E-state index in [1.807, 2.05) is 13.8 Å². The van der Waals surface area contributed by atoms with Crippen molar-refractivity contribution < 1.29 is 14.3 Å². The highest BCUT2D eigenvalue weighted by molar-refractivity contribution is 7.80. The lowest BCUT2D eigenvalue weighted by atomic mass is 10.1. The van der Waals surface area contributed by atoms with Gasteiger partial charge in [-0.1, -0.05) is 11.6 Å². The van der Waals surface area contributed by atoms with E-state index in [2.05, 4.69) is 10.6 Å². The molecular formula is C16H17ClN2O3S2. The Morgan fingerprint density at radius 3 is 2.54 bits per heavy atom. The number of carbonyl (C=O) groups is 1. The molecule has 1 aromatic heterocycles. The van der Waals surface area contributed by atoms with Gasteiger partial charge in [0.2, 0.25) is 0 Å². The normalized spacial score (nSPS) is 10.2. The number of ether oxygens (including phenoxy) is 2. The summed E-state index contributed by atoms with van der Waals surface area (Å²) in [6, 6.07) is 5.25. The van der Waals surface area contributed by atoms with E-state index in [1.54, 1.807) is 25.3 Å². The average Bonchev–Trinajstić information content (AvgIpc) is 2.81. The molecule has 0 saturated carbocycles. The molecule has 0 radical (unpaired) electrons. The van der Waals surface area contributed by atoms with Crippen LogP contribution in [0.3, 0.4) is 0 Å². The number of anilines is 2. The Labute approximate surface area is 154 Å². The number of hydrogen-bond donors (Lipinski definition) is 2. The van der Waals surface area contributed by atoms with Crippen molar-refractivity contribution >= 4 is 56.9 Å². The van der Waals surface area contributed by atoms with Crippen molar-refractivity contribution in [3.63, 3.8) is 0 Å². The molecule has 0 fully saturated rings. The number of rotatable bonds is 4. The number of benzene rings is 1. The fourth-order valence-electron chi connectivity index (χ4n) is 2.07. The van der Waals surface area contributed by atoms with Crippen LogP contribution < -0.4 is 15.4 Å². The molecule has 1 aromatic carbocycles. The summed E-state index contributed by atoms with van der Waals surface area (Å²) in [5, 5.41) is 7.55. The van der Waals surface area contributed by atoms with Gasteiger partial charge in [-0.05, 0) is 49.8 Å². The van der Waals surface area contributed by atoms with Gasteiger partial charge in [-0.25, -0.2) is 4.79 Å². The first-order valence-electron chi connectivity index (χ1n) is 6.97. The summed E-state index contributed by atoms with van der Waals surface area (Å²) in [5.74, 6) is 0.188. The molecule has 2 aromatic rings. The van der Waals surface area contributed by atoms with Crippen molar-refractivity contribution in [2.75, 3.05) is 24.9 Å². The van der Waals surface area contributed by atoms with Crippen molar-refractivity contribution in [2.45, 2.75) is 13.8 Å². The minimum atomic E-state index is -0.394. The van der Waals surface area contributed by atoms with Gasteiger partial charge in [0.05, 0.1) is 24.8 Å². The maximum absolute atomic E-state index is 12.0. The van der Waals surface area contributed by atoms with Gasteiger partial charge < -0.3 is 20.1 Å². The Bertz CT molecular complexity index is 790. The molecule has 8 heteroatoms. The molecule has 0 aliphatic heterocycles. The van der Waals surface area contributed by atoms with Gasteiger partial charge in [-0.2, -0.15) is 0 Å². The number of esters is 1. The quantitative estimate of drug-likeness (QED) is 0.592. The first kappa shape index (κ1) is 18.5. The van der Waals surface area contributed by atoms with E-state index >= 15 is 0 Å². The van der Waals surface area contributed by atoms with Gasteiger partial charge in [-0.3, -0.25) is 0 Å². The van der Waals surface area contributed by atoms with Gasteiger partial charge in [-0.15, -0.1) is 11.3 Å². The van der Waals surface area contributed by atoms with Gasteiger partial charge >= 0.3 is 5.97 Å². The molecule has 2 N–H and O–H groups in total. The minimum Gasteiger partial charge on any atom is -0.495 e. The summed E-state index contributed by atoms with van der Waals surface area (Å²) in [6.45, 7) is 3.82. The van der Waals surface area contributed by atoms with Crippen LogP contribution in [-0.2, 0) is 4.74 Å². The lowest BCUT2D eigenvalue weighted by Crippen LogP contribution is -2.20. The molecule has 24 heavy (non-hydrogen) atoms. The van der Waals surface area contributed by atoms with Crippen LogP contribution in [0.4, 0.5) is 10.7 Å². The smallest absolute Gasteiger partial charge is 0.341 e. The number of methoxy groups -OCH3 is 2. The van der Waals surface area contributed by atoms with E-state index in [0.717, 1.165) is 10.4 Å². The number of thiophene rings is 1. The predicted molar refractivity (Wildman–Crippen MR) is 103 cm³/mol. The SMILES string of the molecule is COC(=O)c1c(NC(=S)Nc2ccc(OC)c(Cl)c2)sc(C)c1C. The van der Waals surface area contributed by atoms with E-state index in [4.69, 9.17) is 33.3 Å². The molecule has 0 spiro atoms. The fraction of sp³-hybridized carbons (Fsp3) is 0.250. The molecule has 0 atom stereocenters. The zero-order chi connectivity index (χ0) is 17.9. The second-order valence-electron chi connectivity index (χ2n) is 4.91. The minimum absolute atomic E-state index is 0.350. The Balaban J connectivity index is 2.17. The third kappa shape index (κ3) is 3.98. The van der Waals surface area contributed by atoms with Crippen LogP contribution in [0.2, 0.25) is 5.02 Å². The lowest BCUT2D eigenvalue weighted by Gasteiger charge is -2.12. The van der Waals surface area contributed by atoms with Crippen LogP contribution in [0.15, 0.2) is 18.2 Å². The Kier molecular flexibility index (Phi) is 6.04. The summed E-state index contributed by atoms with van der Waals surface area (Å²) in [5.41, 5.74) is 2.09. The van der Waals surface area contributed by atoms with Gasteiger partial charge in [0.15, 0.2) is 5.11 Å². The Morgan fingerprint density at radius 2 is 1.96 bits per heavy atom. The van der Waals surface area contributed by atoms with E-state index in [0.29, 0.717) is 32.1 Å². The van der Waals surface area contributed by atoms with Crippen LogP contribution in [-0.4, -0.2) is 25.3 Å². The molecule has 0 unspecified atom stereocenters. The molecule has 2 rings (SSSR count). The second-order valence-corrected chi connectivity index (χ2v) is 6.95. The number of aryl methyl sites for hydroxylation is 1. The first-order valence-corrected chi connectivity index (χ1v) is 8.57. The van der Waals surface area contributed by atoms with E-state index in [9.17, 15) is 4.79 Å². The van der Waals surface area contributed by atoms with Crippen molar-refractivity contribution in [3.05, 3.63) is 39.2 Å². The highest BCUT2D eigenvalue weighted by Crippen LogP contribution is 2.33. The lowest BCUT2D eigenvalue weighted by molar-refractivity contribution is 0.0601. The number of hydrogen-bond acceptors (Lipinski definition) is 5. The zero-order valence-corrected chi connectivity index (χ0v) is 16.0. The van der Waals surface area contributed by atoms with Crippen molar-refractivity contribution in [1.29, 1.82) is 0 Å². The standard InChI is InChI=1S/C16H17ClN2O3S2/c1-8-9(2)24-14(13(8)15(20)22-4)19-16(23)18-10-5-6-12(21-3)11(17)7-10/h5-7H,1-4H3,(H2,18,19,23). The maximum Gasteiger partial charge on any atom is 0.341 e. The van der Waals surface area contributed by atoms with E-state index in [-0.39, 0.29) is 0 Å². The summed E-state index contributed by atoms with van der Waals surface area (Å²) in [6.07, 6.45) is 0.